The number of hydrogen-bond donors (Lipinski definition) is 3. The van der Waals surface area contributed by atoms with Gasteiger partial charge in [-0.1, -0.05) is 36.8 Å². The Balaban J connectivity index is 1.58. The van der Waals surface area contributed by atoms with Gasteiger partial charge in [-0.3, -0.25) is 4.79 Å². The van der Waals surface area contributed by atoms with Crippen LogP contribution in [0.15, 0.2) is 78.9 Å². The van der Waals surface area contributed by atoms with Crippen LogP contribution in [0.3, 0.4) is 0 Å². The minimum absolute atomic E-state index is 0.0780. The van der Waals surface area contributed by atoms with Crippen molar-refractivity contribution in [3.63, 3.8) is 0 Å². The number of phenolic OH excluding ortho intramolecular Hbond substituents is 2. The number of nitrogens with zero attached hydrogens (tertiary/aromatic N) is 1. The van der Waals surface area contributed by atoms with Gasteiger partial charge in [0.1, 0.15) is 23.0 Å². The molecule has 4 aromatic carbocycles. The van der Waals surface area contributed by atoms with Crippen molar-refractivity contribution in [3.05, 3.63) is 78.9 Å². The number of aromatic hydroxyl groups is 2. The molecule has 0 unspecified atom stereocenters. The first-order chi connectivity index (χ1) is 17.6. The summed E-state index contributed by atoms with van der Waals surface area (Å²) in [5.74, 6) is 1.43. The van der Waals surface area contributed by atoms with E-state index in [1.165, 1.54) is 19.3 Å². The van der Waals surface area contributed by atoms with Crippen LogP contribution in [0.5, 0.6) is 23.0 Å². The third kappa shape index (κ3) is 5.44. The number of piperidine rings is 1. The van der Waals surface area contributed by atoms with E-state index < -0.39 is 0 Å². The van der Waals surface area contributed by atoms with Crippen LogP contribution in [0.2, 0.25) is 0 Å². The van der Waals surface area contributed by atoms with Gasteiger partial charge in [-0.05, 0) is 85.4 Å². The van der Waals surface area contributed by atoms with Crippen molar-refractivity contribution in [1.82, 2.24) is 4.90 Å². The highest BCUT2D eigenvalue weighted by atomic mass is 16.5. The molecule has 1 saturated heterocycles. The number of benzene rings is 4. The number of amides is 1. The summed E-state index contributed by atoms with van der Waals surface area (Å²) in [6.07, 6.45) is 4.01. The van der Waals surface area contributed by atoms with Gasteiger partial charge >= 0.3 is 0 Å². The molecule has 6 nitrogen and oxygen atoms in total. The van der Waals surface area contributed by atoms with Gasteiger partial charge in [-0.25, -0.2) is 0 Å². The smallest absolute Gasteiger partial charge is 0.225 e. The van der Waals surface area contributed by atoms with Gasteiger partial charge in [0.25, 0.3) is 0 Å². The van der Waals surface area contributed by atoms with Crippen LogP contribution >= 0.6 is 0 Å². The highest BCUT2D eigenvalue weighted by Crippen LogP contribution is 2.45. The number of carbonyl (C=O) groups excluding carboxylic acids is 1. The molecule has 0 spiro atoms. The zero-order chi connectivity index (χ0) is 24.9. The molecule has 1 aliphatic rings. The molecule has 184 valence electrons. The molecule has 0 atom stereocenters. The van der Waals surface area contributed by atoms with E-state index in [9.17, 15) is 15.0 Å². The molecule has 4 aromatic rings. The van der Waals surface area contributed by atoms with Gasteiger partial charge in [-0.2, -0.15) is 0 Å². The van der Waals surface area contributed by atoms with Crippen LogP contribution < -0.4 is 10.1 Å². The molecule has 1 fully saturated rings. The standard InChI is InChI=1S/C30H30N2O4/c33-23-11-9-21(10-12-23)29-27(31-28(35)15-18-32-16-5-2-6-17-32)20-22-19-24(34)13-14-26(22)30(29)36-25-7-3-1-4-8-25/h1,3-4,7-14,19-20,33-34H,2,5-6,15-18H2,(H,31,35). The number of para-hydroxylation sites is 1. The molecule has 0 radical (unpaired) electrons. The second-order valence-corrected chi connectivity index (χ2v) is 9.20. The minimum Gasteiger partial charge on any atom is -0.508 e. The van der Waals surface area contributed by atoms with Crippen molar-refractivity contribution in [2.75, 3.05) is 25.0 Å². The number of hydrogen-bond acceptors (Lipinski definition) is 5. The highest BCUT2D eigenvalue weighted by molar-refractivity contribution is 6.06. The fourth-order valence-corrected chi connectivity index (χ4v) is 4.74. The topological polar surface area (TPSA) is 82.0 Å². The molecule has 36 heavy (non-hydrogen) atoms. The van der Waals surface area contributed by atoms with E-state index in [0.29, 0.717) is 29.2 Å². The zero-order valence-electron chi connectivity index (χ0n) is 20.1. The molecule has 0 aliphatic carbocycles. The molecular formula is C30H30N2O4. The maximum absolute atomic E-state index is 13.1. The van der Waals surface area contributed by atoms with Crippen LogP contribution in [-0.2, 0) is 4.79 Å². The summed E-state index contributed by atoms with van der Waals surface area (Å²) in [5, 5.41) is 24.7. The largest absolute Gasteiger partial charge is 0.508 e. The van der Waals surface area contributed by atoms with Crippen molar-refractivity contribution < 1.29 is 19.7 Å². The number of ether oxygens (including phenoxy) is 1. The quantitative estimate of drug-likeness (QED) is 0.279. The van der Waals surface area contributed by atoms with Crippen LogP contribution in [0.4, 0.5) is 5.69 Å². The molecule has 1 heterocycles. The van der Waals surface area contributed by atoms with E-state index in [0.717, 1.165) is 36.0 Å². The Labute approximate surface area is 210 Å². The lowest BCUT2D eigenvalue weighted by atomic mass is 9.96. The van der Waals surface area contributed by atoms with E-state index >= 15 is 0 Å². The Bertz CT molecular complexity index is 1350. The third-order valence-corrected chi connectivity index (χ3v) is 6.57. The van der Waals surface area contributed by atoms with Crippen LogP contribution in [-0.4, -0.2) is 40.7 Å². The maximum Gasteiger partial charge on any atom is 0.225 e. The molecule has 6 heteroatoms. The van der Waals surface area contributed by atoms with Crippen molar-refractivity contribution >= 4 is 22.4 Å². The predicted molar refractivity (Wildman–Crippen MR) is 143 cm³/mol. The Morgan fingerprint density at radius 1 is 0.861 bits per heavy atom. The Kier molecular flexibility index (Phi) is 7.05. The van der Waals surface area contributed by atoms with Crippen LogP contribution in [0.1, 0.15) is 25.7 Å². The third-order valence-electron chi connectivity index (χ3n) is 6.57. The molecule has 3 N–H and O–H groups in total. The molecule has 0 aromatic heterocycles. The maximum atomic E-state index is 13.1. The van der Waals surface area contributed by atoms with Crippen molar-refractivity contribution in [2.45, 2.75) is 25.7 Å². The number of anilines is 1. The lowest BCUT2D eigenvalue weighted by molar-refractivity contribution is -0.116. The lowest BCUT2D eigenvalue weighted by Gasteiger charge is -2.26. The fraction of sp³-hybridized carbons (Fsp3) is 0.233. The summed E-state index contributed by atoms with van der Waals surface area (Å²) in [5.41, 5.74) is 2.09. The molecule has 1 amide bonds. The Hall–Kier alpha value is -4.03. The first-order valence-corrected chi connectivity index (χ1v) is 12.4. The zero-order valence-corrected chi connectivity index (χ0v) is 20.1. The second kappa shape index (κ2) is 10.7. The highest BCUT2D eigenvalue weighted by Gasteiger charge is 2.20. The van der Waals surface area contributed by atoms with Gasteiger partial charge in [0.2, 0.25) is 5.91 Å². The normalized spacial score (nSPS) is 14.0. The van der Waals surface area contributed by atoms with Gasteiger partial charge in [0, 0.05) is 23.9 Å². The van der Waals surface area contributed by atoms with E-state index in [4.69, 9.17) is 4.74 Å². The number of likely N-dealkylation sites (tertiary alicyclic amines) is 1. The van der Waals surface area contributed by atoms with Crippen LogP contribution in [0.25, 0.3) is 21.9 Å². The molecule has 1 aliphatic heterocycles. The summed E-state index contributed by atoms with van der Waals surface area (Å²) in [6.45, 7) is 2.80. The van der Waals surface area contributed by atoms with E-state index in [1.54, 1.807) is 36.4 Å². The SMILES string of the molecule is O=C(CCN1CCCCC1)Nc1cc2cc(O)ccc2c(Oc2ccccc2)c1-c1ccc(O)cc1. The molecule has 0 saturated carbocycles. The first kappa shape index (κ1) is 23.7. The average molecular weight is 483 g/mol. The summed E-state index contributed by atoms with van der Waals surface area (Å²) in [6, 6.07) is 23.3. The molecular weight excluding hydrogens is 452 g/mol. The van der Waals surface area contributed by atoms with Crippen molar-refractivity contribution in [3.8, 4) is 34.1 Å². The summed E-state index contributed by atoms with van der Waals surface area (Å²) in [7, 11) is 0. The lowest BCUT2D eigenvalue weighted by Crippen LogP contribution is -2.32. The summed E-state index contributed by atoms with van der Waals surface area (Å²) >= 11 is 0. The van der Waals surface area contributed by atoms with Gasteiger partial charge in [0.15, 0.2) is 0 Å². The number of phenols is 2. The first-order valence-electron chi connectivity index (χ1n) is 12.4. The number of carbonyl (C=O) groups is 1. The number of rotatable bonds is 7. The van der Waals surface area contributed by atoms with E-state index in [-0.39, 0.29) is 17.4 Å². The Morgan fingerprint density at radius 3 is 2.33 bits per heavy atom. The number of fused-ring (bicyclic) bond motifs is 1. The number of nitrogens with one attached hydrogen (secondary N) is 1. The van der Waals surface area contributed by atoms with Gasteiger partial charge < -0.3 is 25.2 Å². The molecule has 5 rings (SSSR count). The molecule has 0 bridgehead atoms. The second-order valence-electron chi connectivity index (χ2n) is 9.20. The van der Waals surface area contributed by atoms with E-state index in [1.807, 2.05) is 42.5 Å². The van der Waals surface area contributed by atoms with Crippen molar-refractivity contribution in [1.29, 1.82) is 0 Å². The van der Waals surface area contributed by atoms with E-state index in [2.05, 4.69) is 10.2 Å². The minimum atomic E-state index is -0.0780. The summed E-state index contributed by atoms with van der Waals surface area (Å²) in [4.78, 5) is 15.4. The predicted octanol–water partition coefficient (Wildman–Crippen LogP) is 6.52. The van der Waals surface area contributed by atoms with Crippen molar-refractivity contribution in [2.24, 2.45) is 0 Å². The van der Waals surface area contributed by atoms with Gasteiger partial charge in [-0.15, -0.1) is 0 Å². The Morgan fingerprint density at radius 2 is 1.58 bits per heavy atom. The van der Waals surface area contributed by atoms with Gasteiger partial charge in [0.05, 0.1) is 5.69 Å². The monoisotopic (exact) mass is 482 g/mol. The fourth-order valence-electron chi connectivity index (χ4n) is 4.74. The van der Waals surface area contributed by atoms with Crippen LogP contribution in [0, 0.1) is 0 Å². The summed E-state index contributed by atoms with van der Waals surface area (Å²) < 4.78 is 6.42. The average Bonchev–Trinajstić information content (AvgIpc) is 2.89.